The summed E-state index contributed by atoms with van der Waals surface area (Å²) in [5.41, 5.74) is 3.64. The highest BCUT2D eigenvalue weighted by molar-refractivity contribution is 6.34. The number of hydrogen-bond acceptors (Lipinski definition) is 3. The quantitative estimate of drug-likeness (QED) is 0.744. The van der Waals surface area contributed by atoms with Gasteiger partial charge in [0.15, 0.2) is 0 Å². The van der Waals surface area contributed by atoms with E-state index in [1.807, 2.05) is 54.3 Å². The fourth-order valence-corrected chi connectivity index (χ4v) is 4.70. The minimum atomic E-state index is -0.415. The highest BCUT2D eigenvalue weighted by Gasteiger charge is 2.30. The summed E-state index contributed by atoms with van der Waals surface area (Å²) in [6.45, 7) is 3.42. The third kappa shape index (κ3) is 4.12. The van der Waals surface area contributed by atoms with Gasteiger partial charge in [-0.3, -0.25) is 19.7 Å². The SMILES string of the molecule is CC1CCCN(Cc2ccc(-c3cccc(C4CCC(=O)NC4=O)c3Cl)cc2)C1=O. The van der Waals surface area contributed by atoms with Gasteiger partial charge in [-0.15, -0.1) is 0 Å². The number of nitrogens with one attached hydrogen (secondary N) is 1. The van der Waals surface area contributed by atoms with E-state index in [-0.39, 0.29) is 23.6 Å². The van der Waals surface area contributed by atoms with E-state index in [1.165, 1.54) is 0 Å². The molecule has 2 aromatic rings. The molecule has 5 nitrogen and oxygen atoms in total. The molecule has 1 N–H and O–H groups in total. The van der Waals surface area contributed by atoms with E-state index in [2.05, 4.69) is 5.32 Å². The van der Waals surface area contributed by atoms with Gasteiger partial charge < -0.3 is 4.90 Å². The Balaban J connectivity index is 1.54. The van der Waals surface area contributed by atoms with Crippen LogP contribution in [-0.4, -0.2) is 29.2 Å². The van der Waals surface area contributed by atoms with Crippen molar-refractivity contribution in [3.8, 4) is 11.1 Å². The first-order valence-electron chi connectivity index (χ1n) is 10.4. The van der Waals surface area contributed by atoms with Gasteiger partial charge in [0.05, 0.1) is 10.9 Å². The minimum absolute atomic E-state index is 0.104. The van der Waals surface area contributed by atoms with Gasteiger partial charge in [0.1, 0.15) is 0 Å². The molecular weight excluding hydrogens is 400 g/mol. The lowest BCUT2D eigenvalue weighted by molar-refractivity contribution is -0.138. The lowest BCUT2D eigenvalue weighted by Gasteiger charge is -2.30. The highest BCUT2D eigenvalue weighted by atomic mass is 35.5. The number of nitrogens with zero attached hydrogens (tertiary/aromatic N) is 1. The molecule has 4 rings (SSSR count). The average Bonchev–Trinajstić information content (AvgIpc) is 2.73. The van der Waals surface area contributed by atoms with Gasteiger partial charge in [-0.25, -0.2) is 0 Å². The monoisotopic (exact) mass is 424 g/mol. The van der Waals surface area contributed by atoms with Crippen LogP contribution in [0.1, 0.15) is 49.7 Å². The molecule has 156 valence electrons. The zero-order chi connectivity index (χ0) is 21.3. The van der Waals surface area contributed by atoms with Crippen LogP contribution in [0.3, 0.4) is 0 Å². The van der Waals surface area contributed by atoms with E-state index in [1.54, 1.807) is 0 Å². The Hall–Kier alpha value is -2.66. The second kappa shape index (κ2) is 8.60. The van der Waals surface area contributed by atoms with Crippen molar-refractivity contribution in [2.45, 2.75) is 45.1 Å². The normalized spacial score (nSPS) is 22.2. The summed E-state index contributed by atoms with van der Waals surface area (Å²) in [4.78, 5) is 38.0. The van der Waals surface area contributed by atoms with E-state index in [0.29, 0.717) is 24.4 Å². The summed E-state index contributed by atoms with van der Waals surface area (Å²) in [6.07, 6.45) is 2.80. The number of likely N-dealkylation sites (tertiary alicyclic amines) is 1. The predicted octanol–water partition coefficient (Wildman–Crippen LogP) is 4.29. The summed E-state index contributed by atoms with van der Waals surface area (Å²) in [5.74, 6) is -0.611. The second-order valence-corrected chi connectivity index (χ2v) is 8.59. The first-order valence-corrected chi connectivity index (χ1v) is 10.8. The van der Waals surface area contributed by atoms with E-state index >= 15 is 0 Å². The molecule has 0 spiro atoms. The number of amides is 3. The first-order chi connectivity index (χ1) is 14.4. The molecule has 2 unspecified atom stereocenters. The average molecular weight is 425 g/mol. The Kier molecular flexibility index (Phi) is 5.91. The number of carbonyl (C=O) groups excluding carboxylic acids is 3. The summed E-state index contributed by atoms with van der Waals surface area (Å²) in [5, 5.41) is 2.94. The molecule has 2 aromatic carbocycles. The third-order valence-electron chi connectivity index (χ3n) is 6.08. The molecule has 0 aliphatic carbocycles. The van der Waals surface area contributed by atoms with Gasteiger partial charge in [0.25, 0.3) is 0 Å². The van der Waals surface area contributed by atoms with Crippen LogP contribution in [-0.2, 0) is 20.9 Å². The van der Waals surface area contributed by atoms with Crippen molar-refractivity contribution >= 4 is 29.3 Å². The maximum absolute atomic E-state index is 12.4. The number of benzene rings is 2. The molecule has 6 heteroatoms. The third-order valence-corrected chi connectivity index (χ3v) is 6.50. The zero-order valence-corrected chi connectivity index (χ0v) is 17.7. The Morgan fingerprint density at radius 3 is 2.57 bits per heavy atom. The van der Waals surface area contributed by atoms with Crippen LogP contribution in [0.5, 0.6) is 0 Å². The van der Waals surface area contributed by atoms with E-state index in [0.717, 1.165) is 41.6 Å². The Morgan fingerprint density at radius 1 is 1.07 bits per heavy atom. The molecule has 0 bridgehead atoms. The number of piperidine rings is 2. The maximum Gasteiger partial charge on any atom is 0.234 e. The van der Waals surface area contributed by atoms with Crippen molar-refractivity contribution in [3.63, 3.8) is 0 Å². The number of halogens is 1. The van der Waals surface area contributed by atoms with Crippen molar-refractivity contribution in [3.05, 3.63) is 58.6 Å². The van der Waals surface area contributed by atoms with Crippen molar-refractivity contribution < 1.29 is 14.4 Å². The Morgan fingerprint density at radius 2 is 1.83 bits per heavy atom. The molecular formula is C24H25ClN2O3. The van der Waals surface area contributed by atoms with Crippen molar-refractivity contribution in [1.29, 1.82) is 0 Å². The molecule has 0 saturated carbocycles. The number of rotatable bonds is 4. The number of imide groups is 1. The topological polar surface area (TPSA) is 66.5 Å². The molecule has 2 atom stereocenters. The Labute approximate surface area is 181 Å². The van der Waals surface area contributed by atoms with Gasteiger partial charge >= 0.3 is 0 Å². The van der Waals surface area contributed by atoms with Crippen LogP contribution >= 0.6 is 11.6 Å². The first kappa shape index (κ1) is 20.6. The highest BCUT2D eigenvalue weighted by Crippen LogP contribution is 2.37. The lowest BCUT2D eigenvalue weighted by Crippen LogP contribution is -2.39. The van der Waals surface area contributed by atoms with Crippen LogP contribution in [0.2, 0.25) is 5.02 Å². The number of carbonyl (C=O) groups is 3. The molecule has 2 heterocycles. The van der Waals surface area contributed by atoms with Crippen molar-refractivity contribution in [2.75, 3.05) is 6.54 Å². The van der Waals surface area contributed by atoms with E-state index in [9.17, 15) is 14.4 Å². The number of hydrogen-bond donors (Lipinski definition) is 1. The molecule has 2 saturated heterocycles. The Bertz CT molecular complexity index is 986. The zero-order valence-electron chi connectivity index (χ0n) is 17.0. The largest absolute Gasteiger partial charge is 0.338 e. The molecule has 0 aromatic heterocycles. The van der Waals surface area contributed by atoms with Crippen LogP contribution in [0.15, 0.2) is 42.5 Å². The molecule has 2 aliphatic heterocycles. The summed E-state index contributed by atoms with van der Waals surface area (Å²) in [7, 11) is 0. The van der Waals surface area contributed by atoms with Crippen molar-refractivity contribution in [1.82, 2.24) is 10.2 Å². The van der Waals surface area contributed by atoms with E-state index < -0.39 is 5.92 Å². The van der Waals surface area contributed by atoms with Gasteiger partial charge in [-0.2, -0.15) is 0 Å². The van der Waals surface area contributed by atoms with Gasteiger partial charge in [-0.05, 0) is 36.0 Å². The van der Waals surface area contributed by atoms with Crippen molar-refractivity contribution in [2.24, 2.45) is 5.92 Å². The summed E-state index contributed by atoms with van der Waals surface area (Å²) >= 11 is 6.69. The van der Waals surface area contributed by atoms with Gasteiger partial charge in [0, 0.05) is 31.0 Å². The summed E-state index contributed by atoms with van der Waals surface area (Å²) < 4.78 is 0. The van der Waals surface area contributed by atoms with Crippen LogP contribution in [0.25, 0.3) is 11.1 Å². The van der Waals surface area contributed by atoms with Gasteiger partial charge in [-0.1, -0.05) is 61.0 Å². The second-order valence-electron chi connectivity index (χ2n) is 8.21. The smallest absolute Gasteiger partial charge is 0.234 e. The molecule has 30 heavy (non-hydrogen) atoms. The molecule has 2 fully saturated rings. The van der Waals surface area contributed by atoms with Gasteiger partial charge in [0.2, 0.25) is 17.7 Å². The fraction of sp³-hybridized carbons (Fsp3) is 0.375. The standard InChI is InChI=1S/C24H25ClN2O3/c1-15-4-3-13-27(24(15)30)14-16-7-9-17(10-8-16)18-5-2-6-19(22(18)25)20-11-12-21(28)26-23(20)29/h2,5-10,15,20H,3-4,11-14H2,1H3,(H,26,28,29). The lowest BCUT2D eigenvalue weighted by atomic mass is 9.88. The minimum Gasteiger partial charge on any atom is -0.338 e. The maximum atomic E-state index is 12.4. The van der Waals surface area contributed by atoms with Crippen LogP contribution < -0.4 is 5.32 Å². The molecule has 3 amide bonds. The molecule has 2 aliphatic rings. The summed E-state index contributed by atoms with van der Waals surface area (Å²) in [6, 6.07) is 13.7. The predicted molar refractivity (Wildman–Crippen MR) is 116 cm³/mol. The van der Waals surface area contributed by atoms with Crippen LogP contribution in [0, 0.1) is 5.92 Å². The molecule has 0 radical (unpaired) electrons. The fourth-order valence-electron chi connectivity index (χ4n) is 4.33. The van der Waals surface area contributed by atoms with E-state index in [4.69, 9.17) is 11.6 Å². The van der Waals surface area contributed by atoms with Crippen LogP contribution in [0.4, 0.5) is 0 Å².